The van der Waals surface area contributed by atoms with Crippen molar-refractivity contribution in [1.82, 2.24) is 20.3 Å². The van der Waals surface area contributed by atoms with Crippen molar-refractivity contribution in [2.75, 3.05) is 31.1 Å². The molecule has 0 radical (unpaired) electrons. The molecule has 2 aliphatic rings. The number of primary amides is 1. The molecular formula is C34H39F3N6O3. The number of anilines is 1. The molecule has 0 saturated carbocycles. The number of hydrogen-bond acceptors (Lipinski definition) is 8. The van der Waals surface area contributed by atoms with Crippen LogP contribution < -0.4 is 20.7 Å². The van der Waals surface area contributed by atoms with Gasteiger partial charge in [0.05, 0.1) is 17.9 Å². The Morgan fingerprint density at radius 2 is 2.02 bits per heavy atom. The molecule has 46 heavy (non-hydrogen) atoms. The van der Waals surface area contributed by atoms with Crippen LogP contribution in [0.25, 0.3) is 32.9 Å². The molecular weight excluding hydrogens is 597 g/mol. The number of phenolic OH excluding ortho intramolecular Hbond substituents is 1. The second kappa shape index (κ2) is 13.3. The number of rotatable bonds is 7. The standard InChI is InChI=1S/C34H39F3N6O3/c1-3-24-27(36)9-8-20-12-23(44)13-25(28(20)24)30-29(37)31-26(15-40-30)33(43-16-21(32(38)45)7-6-18(43)2)42-34(41-31)46-17-19-5-4-10-39-14-22(35)11-19/h8-9,12-13,15,18-19,21-22,39,44H,3-7,10-11,14,16-17H2,1-2H3,(H2,38,45)/t18?,19?,21?,22-/m1/s1. The van der Waals surface area contributed by atoms with Gasteiger partial charge in [0.15, 0.2) is 5.82 Å². The normalized spacial score (nSPS) is 22.5. The number of benzene rings is 2. The topological polar surface area (TPSA) is 126 Å². The van der Waals surface area contributed by atoms with E-state index in [0.29, 0.717) is 53.2 Å². The number of piperidine rings is 1. The Morgan fingerprint density at radius 1 is 1.20 bits per heavy atom. The number of nitrogens with two attached hydrogens (primary N) is 1. The number of carbonyl (C=O) groups is 1. The summed E-state index contributed by atoms with van der Waals surface area (Å²) in [5.74, 6) is -1.92. The lowest BCUT2D eigenvalue weighted by Crippen LogP contribution is -2.46. The fraction of sp³-hybridized carbons (Fsp3) is 0.471. The lowest BCUT2D eigenvalue weighted by Gasteiger charge is -2.38. The minimum absolute atomic E-state index is 0.0557. The van der Waals surface area contributed by atoms with Crippen molar-refractivity contribution < 1.29 is 27.8 Å². The number of pyridine rings is 1. The third-order valence-corrected chi connectivity index (χ3v) is 9.33. The lowest BCUT2D eigenvalue weighted by atomic mass is 9.92. The van der Waals surface area contributed by atoms with Gasteiger partial charge in [-0.3, -0.25) is 9.78 Å². The highest BCUT2D eigenvalue weighted by molar-refractivity contribution is 6.01. The molecule has 0 aliphatic carbocycles. The molecule has 244 valence electrons. The molecule has 4 aromatic rings. The highest BCUT2D eigenvalue weighted by atomic mass is 19.1. The fourth-order valence-electron chi connectivity index (χ4n) is 6.84. The number of amides is 1. The van der Waals surface area contributed by atoms with Gasteiger partial charge in [0.25, 0.3) is 0 Å². The Morgan fingerprint density at radius 3 is 2.80 bits per heavy atom. The summed E-state index contributed by atoms with van der Waals surface area (Å²) < 4.78 is 52.3. The van der Waals surface area contributed by atoms with Gasteiger partial charge in [-0.15, -0.1) is 0 Å². The van der Waals surface area contributed by atoms with E-state index in [1.807, 2.05) is 11.8 Å². The number of carbonyl (C=O) groups excluding carboxylic acids is 1. The van der Waals surface area contributed by atoms with Crippen molar-refractivity contribution in [3.63, 3.8) is 0 Å². The Kier molecular flexibility index (Phi) is 9.17. The number of fused-ring (bicyclic) bond motifs is 2. The number of aromatic nitrogens is 3. The molecule has 2 fully saturated rings. The number of aryl methyl sites for hydroxylation is 1. The second-order valence-electron chi connectivity index (χ2n) is 12.5. The van der Waals surface area contributed by atoms with Crippen LogP contribution in [0.1, 0.15) is 51.5 Å². The summed E-state index contributed by atoms with van der Waals surface area (Å²) in [7, 11) is 0. The highest BCUT2D eigenvalue weighted by Gasteiger charge is 2.32. The SMILES string of the molecule is CCc1c(F)ccc2cc(O)cc(-c3ncc4c(N5CC(C(N)=O)CCC5C)nc(OCC5CCCNC[C@H](F)C5)nc4c3F)c12. The number of phenols is 1. The van der Waals surface area contributed by atoms with Crippen molar-refractivity contribution >= 4 is 33.4 Å². The Balaban J connectivity index is 1.49. The van der Waals surface area contributed by atoms with Crippen molar-refractivity contribution in [3.05, 3.63) is 47.7 Å². The van der Waals surface area contributed by atoms with Crippen molar-refractivity contribution in [2.45, 2.75) is 64.6 Å². The van der Waals surface area contributed by atoms with Crippen molar-refractivity contribution in [1.29, 1.82) is 0 Å². The summed E-state index contributed by atoms with van der Waals surface area (Å²) in [6.45, 7) is 5.23. The summed E-state index contributed by atoms with van der Waals surface area (Å²) in [6.07, 6.45) is 4.01. The number of hydrogen-bond donors (Lipinski definition) is 3. The van der Waals surface area contributed by atoms with Gasteiger partial charge in [-0.1, -0.05) is 13.0 Å². The molecule has 1 amide bonds. The van der Waals surface area contributed by atoms with E-state index in [1.54, 1.807) is 13.0 Å². The van der Waals surface area contributed by atoms with E-state index in [9.17, 15) is 18.7 Å². The molecule has 6 rings (SSSR count). The van der Waals surface area contributed by atoms with Crippen LogP contribution in [0.15, 0.2) is 30.5 Å². The van der Waals surface area contributed by atoms with E-state index in [1.165, 1.54) is 24.4 Å². The van der Waals surface area contributed by atoms with Gasteiger partial charge < -0.3 is 25.8 Å². The maximum atomic E-state index is 16.8. The van der Waals surface area contributed by atoms with Gasteiger partial charge in [-0.25, -0.2) is 13.2 Å². The zero-order chi connectivity index (χ0) is 32.5. The Bertz CT molecular complexity index is 1770. The minimum Gasteiger partial charge on any atom is -0.508 e. The molecule has 2 saturated heterocycles. The highest BCUT2D eigenvalue weighted by Crippen LogP contribution is 2.40. The summed E-state index contributed by atoms with van der Waals surface area (Å²) in [4.78, 5) is 27.8. The molecule has 4 N–H and O–H groups in total. The molecule has 4 atom stereocenters. The zero-order valence-electron chi connectivity index (χ0n) is 26.0. The minimum atomic E-state index is -1.01. The molecule has 0 bridgehead atoms. The Hall–Kier alpha value is -4.19. The molecule has 2 aliphatic heterocycles. The van der Waals surface area contributed by atoms with Crippen LogP contribution in [-0.2, 0) is 11.2 Å². The average molecular weight is 637 g/mol. The third-order valence-electron chi connectivity index (χ3n) is 9.33. The average Bonchev–Trinajstić information content (AvgIpc) is 3.02. The first kappa shape index (κ1) is 31.8. The summed E-state index contributed by atoms with van der Waals surface area (Å²) in [6, 6.07) is 5.61. The van der Waals surface area contributed by atoms with Crippen LogP contribution in [0.5, 0.6) is 11.8 Å². The van der Waals surface area contributed by atoms with E-state index in [-0.39, 0.29) is 60.2 Å². The largest absolute Gasteiger partial charge is 0.508 e. The summed E-state index contributed by atoms with van der Waals surface area (Å²) in [5, 5.41) is 14.9. The molecule has 4 heterocycles. The van der Waals surface area contributed by atoms with Crippen LogP contribution >= 0.6 is 0 Å². The monoisotopic (exact) mass is 636 g/mol. The predicted octanol–water partition coefficient (Wildman–Crippen LogP) is 5.59. The number of alkyl halides is 1. The van der Waals surface area contributed by atoms with Gasteiger partial charge in [0.2, 0.25) is 5.91 Å². The second-order valence-corrected chi connectivity index (χ2v) is 12.5. The zero-order valence-corrected chi connectivity index (χ0v) is 26.0. The van der Waals surface area contributed by atoms with Crippen molar-refractivity contribution in [3.8, 4) is 23.0 Å². The Labute approximate surface area is 265 Å². The van der Waals surface area contributed by atoms with Gasteiger partial charge in [0, 0.05) is 30.9 Å². The van der Waals surface area contributed by atoms with E-state index in [4.69, 9.17) is 15.5 Å². The van der Waals surface area contributed by atoms with E-state index in [0.717, 1.165) is 19.4 Å². The van der Waals surface area contributed by atoms with Crippen LogP contribution in [0.4, 0.5) is 19.0 Å². The molecule has 0 spiro atoms. The number of halogens is 3. The maximum Gasteiger partial charge on any atom is 0.319 e. The third kappa shape index (κ3) is 6.27. The molecule has 2 aromatic carbocycles. The smallest absolute Gasteiger partial charge is 0.319 e. The van der Waals surface area contributed by atoms with Crippen LogP contribution in [0.2, 0.25) is 0 Å². The number of nitrogens with one attached hydrogen (secondary N) is 1. The maximum absolute atomic E-state index is 16.8. The number of aromatic hydroxyl groups is 1. The molecule has 3 unspecified atom stereocenters. The van der Waals surface area contributed by atoms with Crippen LogP contribution in [0.3, 0.4) is 0 Å². The lowest BCUT2D eigenvalue weighted by molar-refractivity contribution is -0.122. The molecule has 12 heteroatoms. The van der Waals surface area contributed by atoms with Crippen molar-refractivity contribution in [2.24, 2.45) is 17.6 Å². The summed E-state index contributed by atoms with van der Waals surface area (Å²) in [5.41, 5.74) is 6.10. The van der Waals surface area contributed by atoms with E-state index < -0.39 is 29.6 Å². The van der Waals surface area contributed by atoms with E-state index >= 15 is 4.39 Å². The number of nitrogens with zero attached hydrogens (tertiary/aromatic N) is 4. The first-order chi connectivity index (χ1) is 22.1. The first-order valence-electron chi connectivity index (χ1n) is 16.0. The van der Waals surface area contributed by atoms with Gasteiger partial charge in [-0.05, 0) is 92.4 Å². The van der Waals surface area contributed by atoms with Crippen LogP contribution in [-0.4, -0.2) is 64.4 Å². The number of ether oxygens (including phenoxy) is 1. The predicted molar refractivity (Wildman–Crippen MR) is 171 cm³/mol. The summed E-state index contributed by atoms with van der Waals surface area (Å²) >= 11 is 0. The van der Waals surface area contributed by atoms with Crippen LogP contribution in [0, 0.1) is 23.5 Å². The molecule has 2 aromatic heterocycles. The quantitative estimate of drug-likeness (QED) is 0.240. The first-order valence-corrected chi connectivity index (χ1v) is 16.0. The van der Waals surface area contributed by atoms with Gasteiger partial charge >= 0.3 is 6.01 Å². The fourth-order valence-corrected chi connectivity index (χ4v) is 6.84. The van der Waals surface area contributed by atoms with Gasteiger partial charge in [-0.2, -0.15) is 9.97 Å². The van der Waals surface area contributed by atoms with E-state index in [2.05, 4.69) is 15.3 Å². The molecule has 9 nitrogen and oxygen atoms in total. The van der Waals surface area contributed by atoms with Gasteiger partial charge in [0.1, 0.15) is 34.8 Å².